The number of hydrogen-bond donors (Lipinski definition) is 2. The van der Waals surface area contributed by atoms with Crippen molar-refractivity contribution in [1.29, 1.82) is 0 Å². The molecule has 1 aromatic carbocycles. The van der Waals surface area contributed by atoms with Crippen LogP contribution >= 0.6 is 0 Å². The Kier molecular flexibility index (Phi) is 3.47. The Morgan fingerprint density at radius 3 is 3.05 bits per heavy atom. The van der Waals surface area contributed by atoms with Crippen molar-refractivity contribution in [3.8, 4) is 0 Å². The van der Waals surface area contributed by atoms with E-state index in [1.165, 1.54) is 18.2 Å². The van der Waals surface area contributed by atoms with Crippen LogP contribution in [0.15, 0.2) is 29.1 Å². The summed E-state index contributed by atoms with van der Waals surface area (Å²) in [5.41, 5.74) is 5.94. The van der Waals surface area contributed by atoms with E-state index in [1.807, 2.05) is 4.90 Å². The second-order valence-electron chi connectivity index (χ2n) is 5.35. The van der Waals surface area contributed by atoms with Gasteiger partial charge in [-0.05, 0) is 31.5 Å². The van der Waals surface area contributed by atoms with Crippen LogP contribution in [0.3, 0.4) is 0 Å². The van der Waals surface area contributed by atoms with E-state index < -0.39 is 5.82 Å². The van der Waals surface area contributed by atoms with Gasteiger partial charge < -0.3 is 10.7 Å². The molecule has 0 aliphatic carbocycles. The molecule has 0 spiro atoms. The summed E-state index contributed by atoms with van der Waals surface area (Å²) in [4.78, 5) is 28.3. The molecule has 3 rings (SSSR count). The van der Waals surface area contributed by atoms with Crippen molar-refractivity contribution in [2.24, 2.45) is 5.73 Å². The Hall–Kier alpha value is -2.21. The van der Waals surface area contributed by atoms with Crippen LogP contribution in [0.1, 0.15) is 18.5 Å². The summed E-state index contributed by atoms with van der Waals surface area (Å²) < 4.78 is 13.8. The van der Waals surface area contributed by atoms with Gasteiger partial charge in [0.1, 0.15) is 5.82 Å². The Bertz CT molecular complexity index is 756. The van der Waals surface area contributed by atoms with Gasteiger partial charge in [-0.1, -0.05) is 6.07 Å². The van der Waals surface area contributed by atoms with E-state index in [1.54, 1.807) is 6.07 Å². The minimum Gasteiger partial charge on any atom is -0.368 e. The number of carbonyl (C=O) groups is 1. The molecule has 0 radical (unpaired) electrons. The van der Waals surface area contributed by atoms with Crippen LogP contribution in [0.25, 0.3) is 10.9 Å². The number of para-hydroxylation sites is 1. The predicted octanol–water partition coefficient (Wildman–Crippen LogP) is 1.12. The Morgan fingerprint density at radius 1 is 1.48 bits per heavy atom. The molecule has 2 aromatic rings. The topological polar surface area (TPSA) is 79.2 Å². The Labute approximate surface area is 120 Å². The number of H-pyrrole nitrogens is 1. The van der Waals surface area contributed by atoms with Gasteiger partial charge >= 0.3 is 0 Å². The monoisotopic (exact) mass is 289 g/mol. The second kappa shape index (κ2) is 5.29. The molecule has 0 bridgehead atoms. The minimum absolute atomic E-state index is 0.204. The molecule has 1 atom stereocenters. The first-order chi connectivity index (χ1) is 10.1. The zero-order valence-corrected chi connectivity index (χ0v) is 11.4. The largest absolute Gasteiger partial charge is 0.368 e. The van der Waals surface area contributed by atoms with Gasteiger partial charge in [0.05, 0.1) is 11.6 Å². The summed E-state index contributed by atoms with van der Waals surface area (Å²) >= 11 is 0. The molecule has 0 unspecified atom stereocenters. The SMILES string of the molecule is NC(=O)[C@@H]1CCCN1Cc1cc(=O)c2cccc(F)c2[nH]1. The first kappa shape index (κ1) is 13.8. The molecule has 1 aliphatic rings. The third kappa shape index (κ3) is 2.54. The lowest BCUT2D eigenvalue weighted by molar-refractivity contribution is -0.122. The van der Waals surface area contributed by atoms with E-state index in [0.29, 0.717) is 17.6 Å². The highest BCUT2D eigenvalue weighted by Crippen LogP contribution is 2.20. The summed E-state index contributed by atoms with van der Waals surface area (Å²) in [5.74, 6) is -0.818. The van der Waals surface area contributed by atoms with E-state index in [0.717, 1.165) is 19.4 Å². The lowest BCUT2D eigenvalue weighted by Crippen LogP contribution is -2.40. The number of nitrogens with zero attached hydrogens (tertiary/aromatic N) is 1. The molecule has 1 fully saturated rings. The standard InChI is InChI=1S/C15H16FN3O2/c16-11-4-1-3-10-13(20)7-9(18-14(10)11)8-19-6-2-5-12(19)15(17)21/h1,3-4,7,12H,2,5-6,8H2,(H2,17,21)(H,18,20)/t12-/m0/s1. The van der Waals surface area contributed by atoms with E-state index in [4.69, 9.17) is 5.73 Å². The zero-order chi connectivity index (χ0) is 15.0. The third-order valence-corrected chi connectivity index (χ3v) is 3.94. The van der Waals surface area contributed by atoms with Crippen molar-refractivity contribution in [1.82, 2.24) is 9.88 Å². The van der Waals surface area contributed by atoms with Gasteiger partial charge in [-0.3, -0.25) is 14.5 Å². The molecule has 0 saturated carbocycles. The van der Waals surface area contributed by atoms with Crippen LogP contribution in [-0.2, 0) is 11.3 Å². The minimum atomic E-state index is -0.459. The van der Waals surface area contributed by atoms with Crippen molar-refractivity contribution in [3.05, 3.63) is 46.0 Å². The molecule has 21 heavy (non-hydrogen) atoms. The summed E-state index contributed by atoms with van der Waals surface area (Å²) in [7, 11) is 0. The molecular weight excluding hydrogens is 273 g/mol. The number of nitrogens with two attached hydrogens (primary N) is 1. The average molecular weight is 289 g/mol. The first-order valence-electron chi connectivity index (χ1n) is 6.90. The number of nitrogens with one attached hydrogen (secondary N) is 1. The van der Waals surface area contributed by atoms with Crippen molar-refractivity contribution in [2.45, 2.75) is 25.4 Å². The van der Waals surface area contributed by atoms with Crippen LogP contribution < -0.4 is 11.2 Å². The second-order valence-corrected chi connectivity index (χ2v) is 5.35. The number of likely N-dealkylation sites (tertiary alicyclic amines) is 1. The molecule has 110 valence electrons. The molecule has 1 aliphatic heterocycles. The zero-order valence-electron chi connectivity index (χ0n) is 11.4. The van der Waals surface area contributed by atoms with Crippen molar-refractivity contribution < 1.29 is 9.18 Å². The molecule has 2 heterocycles. The van der Waals surface area contributed by atoms with Crippen LogP contribution in [0.2, 0.25) is 0 Å². The highest BCUT2D eigenvalue weighted by Gasteiger charge is 2.29. The third-order valence-electron chi connectivity index (χ3n) is 3.94. The first-order valence-corrected chi connectivity index (χ1v) is 6.90. The molecule has 5 nitrogen and oxygen atoms in total. The maximum atomic E-state index is 13.8. The quantitative estimate of drug-likeness (QED) is 0.888. The Morgan fingerprint density at radius 2 is 2.29 bits per heavy atom. The van der Waals surface area contributed by atoms with E-state index >= 15 is 0 Å². The van der Waals surface area contributed by atoms with Gasteiger partial charge in [-0.15, -0.1) is 0 Å². The smallest absolute Gasteiger partial charge is 0.234 e. The number of hydrogen-bond acceptors (Lipinski definition) is 3. The van der Waals surface area contributed by atoms with Crippen LogP contribution in [0, 0.1) is 5.82 Å². The van der Waals surface area contributed by atoms with Crippen LogP contribution in [-0.4, -0.2) is 28.4 Å². The molecular formula is C15H16FN3O2. The number of aromatic amines is 1. The number of primary amides is 1. The lowest BCUT2D eigenvalue weighted by atomic mass is 10.1. The van der Waals surface area contributed by atoms with Gasteiger partial charge in [-0.25, -0.2) is 4.39 Å². The van der Waals surface area contributed by atoms with Crippen molar-refractivity contribution >= 4 is 16.8 Å². The van der Waals surface area contributed by atoms with Gasteiger partial charge in [0.25, 0.3) is 0 Å². The lowest BCUT2D eigenvalue weighted by Gasteiger charge is -2.21. The summed E-state index contributed by atoms with van der Waals surface area (Å²) in [6.07, 6.45) is 1.61. The highest BCUT2D eigenvalue weighted by molar-refractivity contribution is 5.80. The molecule has 3 N–H and O–H groups in total. The highest BCUT2D eigenvalue weighted by atomic mass is 19.1. The predicted molar refractivity (Wildman–Crippen MR) is 77.2 cm³/mol. The molecule has 1 aromatic heterocycles. The summed E-state index contributed by atoms with van der Waals surface area (Å²) in [5, 5.41) is 0.326. The molecule has 6 heteroatoms. The van der Waals surface area contributed by atoms with Crippen molar-refractivity contribution in [3.63, 3.8) is 0 Å². The fourth-order valence-corrected chi connectivity index (χ4v) is 2.93. The summed E-state index contributed by atoms with van der Waals surface area (Å²) in [6, 6.07) is 5.55. The number of halogens is 1. The van der Waals surface area contributed by atoms with Crippen LogP contribution in [0.5, 0.6) is 0 Å². The number of amides is 1. The number of fused-ring (bicyclic) bond motifs is 1. The fourth-order valence-electron chi connectivity index (χ4n) is 2.93. The van der Waals surface area contributed by atoms with E-state index in [9.17, 15) is 14.0 Å². The molecule has 1 saturated heterocycles. The number of benzene rings is 1. The van der Waals surface area contributed by atoms with Gasteiger partial charge in [0.2, 0.25) is 5.91 Å². The number of carbonyl (C=O) groups excluding carboxylic acids is 1. The Balaban J connectivity index is 1.96. The fraction of sp³-hybridized carbons (Fsp3) is 0.333. The van der Waals surface area contributed by atoms with Gasteiger partial charge in [0, 0.05) is 23.7 Å². The maximum Gasteiger partial charge on any atom is 0.234 e. The van der Waals surface area contributed by atoms with Crippen molar-refractivity contribution in [2.75, 3.05) is 6.54 Å². The van der Waals surface area contributed by atoms with Crippen LogP contribution in [0.4, 0.5) is 4.39 Å². The maximum absolute atomic E-state index is 13.8. The average Bonchev–Trinajstić information content (AvgIpc) is 2.88. The van der Waals surface area contributed by atoms with E-state index in [-0.39, 0.29) is 22.9 Å². The normalized spacial score (nSPS) is 19.2. The molecule has 1 amide bonds. The number of aromatic nitrogens is 1. The van der Waals surface area contributed by atoms with E-state index in [2.05, 4.69) is 4.98 Å². The van der Waals surface area contributed by atoms with Gasteiger partial charge in [-0.2, -0.15) is 0 Å². The summed E-state index contributed by atoms with van der Waals surface area (Å²) in [6.45, 7) is 1.12. The van der Waals surface area contributed by atoms with Gasteiger partial charge in [0.15, 0.2) is 5.43 Å². The number of pyridine rings is 1. The number of rotatable bonds is 3.